The zero-order valence-electron chi connectivity index (χ0n) is 14.3. The molecule has 1 saturated heterocycles. The normalized spacial score (nSPS) is 15.1. The van der Waals surface area contributed by atoms with Gasteiger partial charge in [-0.1, -0.05) is 17.7 Å². The molecule has 6 nitrogen and oxygen atoms in total. The molecule has 1 aromatic heterocycles. The molecule has 2 heterocycles. The first kappa shape index (κ1) is 18.7. The van der Waals surface area contributed by atoms with Crippen LogP contribution in [0.15, 0.2) is 53.6 Å². The molecule has 3 rings (SSSR count). The molecule has 1 N–H and O–H groups in total. The summed E-state index contributed by atoms with van der Waals surface area (Å²) in [5, 5.41) is 0.480. The number of carbonyl (C=O) groups excluding carboxylic acids is 1. The molecule has 1 fully saturated rings. The van der Waals surface area contributed by atoms with Crippen molar-refractivity contribution in [1.29, 1.82) is 0 Å². The average Bonchev–Trinajstić information content (AvgIpc) is 2.67. The van der Waals surface area contributed by atoms with E-state index in [1.807, 2.05) is 24.4 Å². The van der Waals surface area contributed by atoms with Crippen LogP contribution in [0.4, 0.5) is 5.82 Å². The molecule has 26 heavy (non-hydrogen) atoms. The highest BCUT2D eigenvalue weighted by molar-refractivity contribution is 7.91. The number of anilines is 1. The number of H-pyrrole nitrogens is 1. The number of aromatic nitrogens is 1. The van der Waals surface area contributed by atoms with Crippen molar-refractivity contribution in [3.63, 3.8) is 0 Å². The molecule has 1 aliphatic heterocycles. The van der Waals surface area contributed by atoms with E-state index in [1.54, 1.807) is 4.90 Å². The SMILES string of the molecule is O=C(CCS(=O)(=O)c1ccc(Cl)cc1)N1CCN(c2cccc[nH+]2)CC1. The van der Waals surface area contributed by atoms with E-state index in [2.05, 4.69) is 9.88 Å². The first-order valence-electron chi connectivity index (χ1n) is 8.43. The molecule has 0 aliphatic carbocycles. The van der Waals surface area contributed by atoms with E-state index in [0.29, 0.717) is 18.1 Å². The summed E-state index contributed by atoms with van der Waals surface area (Å²) in [6, 6.07) is 11.9. The number of rotatable bonds is 5. The maximum atomic E-state index is 12.4. The van der Waals surface area contributed by atoms with Crippen molar-refractivity contribution in [2.75, 3.05) is 36.8 Å². The molecule has 1 aromatic carbocycles. The number of nitrogens with one attached hydrogen (secondary N) is 1. The minimum atomic E-state index is -3.49. The lowest BCUT2D eigenvalue weighted by Gasteiger charge is -2.31. The Morgan fingerprint density at radius 2 is 1.73 bits per heavy atom. The Bertz CT molecular complexity index is 849. The summed E-state index contributed by atoms with van der Waals surface area (Å²) in [6.07, 6.45) is 1.86. The fourth-order valence-corrected chi connectivity index (χ4v) is 4.27. The molecular formula is C18H21ClN3O3S+. The van der Waals surface area contributed by atoms with Crippen molar-refractivity contribution >= 4 is 33.2 Å². The lowest BCUT2D eigenvalue weighted by molar-refractivity contribution is -0.364. The van der Waals surface area contributed by atoms with Gasteiger partial charge in [-0.25, -0.2) is 13.4 Å². The predicted octanol–water partition coefficient (Wildman–Crippen LogP) is 1.67. The van der Waals surface area contributed by atoms with E-state index < -0.39 is 9.84 Å². The van der Waals surface area contributed by atoms with Crippen LogP contribution in [0.2, 0.25) is 5.02 Å². The van der Waals surface area contributed by atoms with Crippen LogP contribution in [0.25, 0.3) is 0 Å². The molecule has 0 spiro atoms. The molecule has 1 amide bonds. The van der Waals surface area contributed by atoms with Gasteiger partial charge in [0.15, 0.2) is 9.84 Å². The van der Waals surface area contributed by atoms with Gasteiger partial charge in [-0.2, -0.15) is 0 Å². The molecule has 8 heteroatoms. The monoisotopic (exact) mass is 394 g/mol. The number of piperazine rings is 1. The van der Waals surface area contributed by atoms with Crippen molar-refractivity contribution in [3.8, 4) is 0 Å². The highest BCUT2D eigenvalue weighted by atomic mass is 35.5. The van der Waals surface area contributed by atoms with Crippen LogP contribution in [0, 0.1) is 0 Å². The Hall–Kier alpha value is -2.12. The average molecular weight is 395 g/mol. The van der Waals surface area contributed by atoms with E-state index >= 15 is 0 Å². The van der Waals surface area contributed by atoms with Gasteiger partial charge in [0.1, 0.15) is 13.1 Å². The van der Waals surface area contributed by atoms with Gasteiger partial charge in [-0.05, 0) is 30.3 Å². The first-order valence-corrected chi connectivity index (χ1v) is 10.5. The predicted molar refractivity (Wildman–Crippen MR) is 99.9 cm³/mol. The smallest absolute Gasteiger partial charge is 0.274 e. The second-order valence-corrected chi connectivity index (χ2v) is 8.68. The van der Waals surface area contributed by atoms with Crippen LogP contribution in [0.1, 0.15) is 6.42 Å². The summed E-state index contributed by atoms with van der Waals surface area (Å²) < 4.78 is 24.7. The summed E-state index contributed by atoms with van der Waals surface area (Å²) in [4.78, 5) is 19.7. The molecule has 0 bridgehead atoms. The fourth-order valence-electron chi connectivity index (χ4n) is 2.92. The number of carbonyl (C=O) groups is 1. The molecule has 0 atom stereocenters. The molecule has 0 radical (unpaired) electrons. The molecule has 1 aliphatic rings. The second kappa shape index (κ2) is 8.05. The summed E-state index contributed by atoms with van der Waals surface area (Å²) in [7, 11) is -3.49. The molecular weight excluding hydrogens is 374 g/mol. The number of halogens is 1. The van der Waals surface area contributed by atoms with Gasteiger partial charge in [0.05, 0.1) is 29.9 Å². The van der Waals surface area contributed by atoms with E-state index in [-0.39, 0.29) is 23.0 Å². The minimum Gasteiger partial charge on any atom is -0.335 e. The van der Waals surface area contributed by atoms with Gasteiger partial charge in [0.2, 0.25) is 5.91 Å². The molecule has 138 valence electrons. The Morgan fingerprint density at radius 1 is 1.04 bits per heavy atom. The van der Waals surface area contributed by atoms with Crippen LogP contribution in [0.3, 0.4) is 0 Å². The van der Waals surface area contributed by atoms with Crippen LogP contribution < -0.4 is 9.88 Å². The number of sulfone groups is 1. The number of hydrogen-bond acceptors (Lipinski definition) is 4. The van der Waals surface area contributed by atoms with Gasteiger partial charge in [0, 0.05) is 17.5 Å². The minimum absolute atomic E-state index is 0.0115. The van der Waals surface area contributed by atoms with Gasteiger partial charge in [-0.15, -0.1) is 0 Å². The Morgan fingerprint density at radius 3 is 2.35 bits per heavy atom. The number of pyridine rings is 1. The van der Waals surface area contributed by atoms with E-state index in [1.165, 1.54) is 24.3 Å². The first-order chi connectivity index (χ1) is 12.5. The highest BCUT2D eigenvalue weighted by Gasteiger charge is 2.27. The van der Waals surface area contributed by atoms with Gasteiger partial charge >= 0.3 is 0 Å². The van der Waals surface area contributed by atoms with Crippen LogP contribution >= 0.6 is 11.6 Å². The standard InChI is InChI=1S/C18H20ClN3O3S/c19-15-4-6-16(7-5-15)26(24,25)14-8-18(23)22-12-10-21(11-13-22)17-3-1-2-9-20-17/h1-7,9H,8,10-14H2/p+1. The lowest BCUT2D eigenvalue weighted by atomic mass is 10.3. The quantitative estimate of drug-likeness (QED) is 0.773. The van der Waals surface area contributed by atoms with Crippen LogP contribution in [-0.2, 0) is 14.6 Å². The second-order valence-electron chi connectivity index (χ2n) is 6.14. The lowest BCUT2D eigenvalue weighted by Crippen LogP contribution is -2.50. The Balaban J connectivity index is 1.52. The summed E-state index contributed by atoms with van der Waals surface area (Å²) >= 11 is 5.79. The zero-order valence-corrected chi connectivity index (χ0v) is 15.8. The third kappa shape index (κ3) is 4.53. The largest absolute Gasteiger partial charge is 0.335 e. The molecule has 0 saturated carbocycles. The van der Waals surface area contributed by atoms with Crippen molar-refractivity contribution in [2.24, 2.45) is 0 Å². The fraction of sp³-hybridized carbons (Fsp3) is 0.333. The van der Waals surface area contributed by atoms with Gasteiger partial charge < -0.3 is 4.90 Å². The van der Waals surface area contributed by atoms with Gasteiger partial charge in [0.25, 0.3) is 5.82 Å². The number of aromatic amines is 1. The summed E-state index contributed by atoms with van der Waals surface area (Å²) in [6.45, 7) is 2.61. The molecule has 2 aromatic rings. The summed E-state index contributed by atoms with van der Waals surface area (Å²) in [5.41, 5.74) is 0. The third-order valence-electron chi connectivity index (χ3n) is 4.42. The van der Waals surface area contributed by atoms with Crippen molar-refractivity contribution in [3.05, 3.63) is 53.7 Å². The summed E-state index contributed by atoms with van der Waals surface area (Å²) in [5.74, 6) is 0.698. The van der Waals surface area contributed by atoms with Crippen molar-refractivity contribution < 1.29 is 18.2 Å². The van der Waals surface area contributed by atoms with E-state index in [4.69, 9.17) is 11.6 Å². The topological polar surface area (TPSA) is 71.8 Å². The van der Waals surface area contributed by atoms with Crippen LogP contribution in [0.5, 0.6) is 0 Å². The number of benzene rings is 1. The third-order valence-corrected chi connectivity index (χ3v) is 6.41. The number of amides is 1. The van der Waals surface area contributed by atoms with E-state index in [9.17, 15) is 13.2 Å². The zero-order chi connectivity index (χ0) is 18.6. The Labute approximate surface area is 158 Å². The maximum absolute atomic E-state index is 12.4. The highest BCUT2D eigenvalue weighted by Crippen LogP contribution is 2.17. The maximum Gasteiger partial charge on any atom is 0.274 e. The van der Waals surface area contributed by atoms with Crippen molar-refractivity contribution in [2.45, 2.75) is 11.3 Å². The van der Waals surface area contributed by atoms with Crippen molar-refractivity contribution in [1.82, 2.24) is 4.90 Å². The number of nitrogens with zero attached hydrogens (tertiary/aromatic N) is 2. The van der Waals surface area contributed by atoms with Crippen LogP contribution in [-0.4, -0.2) is 51.2 Å². The van der Waals surface area contributed by atoms with E-state index in [0.717, 1.165) is 18.9 Å². The molecule has 0 unspecified atom stereocenters. The number of hydrogen-bond donors (Lipinski definition) is 0. The Kier molecular flexibility index (Phi) is 5.78. The van der Waals surface area contributed by atoms with Gasteiger partial charge in [-0.3, -0.25) is 9.69 Å².